The number of unbranched alkanes of at least 4 members (excludes halogenated alkanes) is 3. The van der Waals surface area contributed by atoms with Gasteiger partial charge in [0.25, 0.3) is 0 Å². The Kier molecular flexibility index (Phi) is 7.22. The monoisotopic (exact) mass is 291 g/mol. The zero-order valence-corrected chi connectivity index (χ0v) is 11.3. The zero-order valence-electron chi connectivity index (χ0n) is 11.3. The molecule has 0 heterocycles. The molecular weight excluding hydrogens is 271 g/mol. The molecule has 114 valence electrons. The van der Waals surface area contributed by atoms with E-state index in [1.807, 2.05) is 0 Å². The smallest absolute Gasteiger partial charge is 0.422 e. The van der Waals surface area contributed by atoms with Crippen molar-refractivity contribution in [3.05, 3.63) is 24.3 Å². The summed E-state index contributed by atoms with van der Waals surface area (Å²) < 4.78 is 46.6. The highest BCUT2D eigenvalue weighted by Crippen LogP contribution is 2.28. The average molecular weight is 291 g/mol. The Labute approximate surface area is 116 Å². The van der Waals surface area contributed by atoms with Crippen LogP contribution in [0.25, 0.3) is 0 Å². The first-order valence-corrected chi connectivity index (χ1v) is 6.64. The quantitative estimate of drug-likeness (QED) is 0.708. The van der Waals surface area contributed by atoms with Gasteiger partial charge < -0.3 is 15.2 Å². The summed E-state index contributed by atoms with van der Waals surface area (Å²) in [6.45, 7) is -0.185. The van der Waals surface area contributed by atoms with Gasteiger partial charge in [0.1, 0.15) is 0 Å². The highest BCUT2D eigenvalue weighted by molar-refractivity contribution is 5.39. The molecule has 0 aromatic heterocycles. The Bertz CT molecular complexity index is 383. The van der Waals surface area contributed by atoms with E-state index >= 15 is 0 Å². The van der Waals surface area contributed by atoms with Gasteiger partial charge in [0.05, 0.1) is 6.61 Å². The lowest BCUT2D eigenvalue weighted by Crippen LogP contribution is -2.19. The molecule has 0 spiro atoms. The SMILES string of the molecule is NCCCCCCOc1ccccc1OCC(F)(F)F. The lowest BCUT2D eigenvalue weighted by atomic mass is 10.2. The second-order valence-corrected chi connectivity index (χ2v) is 4.40. The number of benzene rings is 1. The molecule has 1 aromatic rings. The number of alkyl halides is 3. The Hall–Kier alpha value is -1.43. The van der Waals surface area contributed by atoms with Crippen molar-refractivity contribution in [2.24, 2.45) is 5.73 Å². The largest absolute Gasteiger partial charge is 0.490 e. The third-order valence-corrected chi connectivity index (χ3v) is 2.60. The van der Waals surface area contributed by atoms with Crippen molar-refractivity contribution in [1.82, 2.24) is 0 Å². The summed E-state index contributed by atoms with van der Waals surface area (Å²) in [4.78, 5) is 0. The highest BCUT2D eigenvalue weighted by Gasteiger charge is 2.28. The molecule has 0 amide bonds. The van der Waals surface area contributed by atoms with E-state index in [1.165, 1.54) is 6.07 Å². The van der Waals surface area contributed by atoms with E-state index in [-0.39, 0.29) is 5.75 Å². The van der Waals surface area contributed by atoms with Crippen molar-refractivity contribution in [2.75, 3.05) is 19.8 Å². The zero-order chi connectivity index (χ0) is 14.8. The van der Waals surface area contributed by atoms with E-state index in [0.29, 0.717) is 18.9 Å². The van der Waals surface area contributed by atoms with Crippen LogP contribution in [0.5, 0.6) is 11.5 Å². The van der Waals surface area contributed by atoms with Crippen molar-refractivity contribution in [1.29, 1.82) is 0 Å². The Morgan fingerprint density at radius 3 is 2.10 bits per heavy atom. The molecule has 0 aliphatic carbocycles. The predicted molar refractivity (Wildman–Crippen MR) is 71.0 cm³/mol. The minimum absolute atomic E-state index is 0.117. The standard InChI is InChI=1S/C14H20F3NO2/c15-14(16,17)11-20-13-8-4-3-7-12(13)19-10-6-2-1-5-9-18/h3-4,7-8H,1-2,5-6,9-11,18H2. The lowest BCUT2D eigenvalue weighted by molar-refractivity contribution is -0.153. The van der Waals surface area contributed by atoms with E-state index in [2.05, 4.69) is 0 Å². The second-order valence-electron chi connectivity index (χ2n) is 4.40. The van der Waals surface area contributed by atoms with Crippen LogP contribution < -0.4 is 15.2 Å². The fraction of sp³-hybridized carbons (Fsp3) is 0.571. The third kappa shape index (κ3) is 7.23. The van der Waals surface area contributed by atoms with Crippen LogP contribution in [-0.4, -0.2) is 25.9 Å². The van der Waals surface area contributed by atoms with E-state index < -0.39 is 12.8 Å². The molecule has 0 unspecified atom stereocenters. The molecule has 0 saturated carbocycles. The Morgan fingerprint density at radius 1 is 0.900 bits per heavy atom. The molecule has 0 atom stereocenters. The van der Waals surface area contributed by atoms with Gasteiger partial charge in [-0.05, 0) is 31.5 Å². The van der Waals surface area contributed by atoms with Crippen molar-refractivity contribution < 1.29 is 22.6 Å². The molecule has 0 fully saturated rings. The first kappa shape index (κ1) is 16.6. The van der Waals surface area contributed by atoms with Crippen LogP contribution >= 0.6 is 0 Å². The molecule has 0 saturated heterocycles. The number of para-hydroxylation sites is 2. The van der Waals surface area contributed by atoms with Gasteiger partial charge in [-0.15, -0.1) is 0 Å². The van der Waals surface area contributed by atoms with Gasteiger partial charge in [-0.3, -0.25) is 0 Å². The summed E-state index contributed by atoms with van der Waals surface area (Å²) in [5, 5.41) is 0. The number of rotatable bonds is 9. The van der Waals surface area contributed by atoms with Crippen molar-refractivity contribution in [3.63, 3.8) is 0 Å². The van der Waals surface area contributed by atoms with Crippen LogP contribution in [0.15, 0.2) is 24.3 Å². The van der Waals surface area contributed by atoms with Crippen molar-refractivity contribution in [2.45, 2.75) is 31.9 Å². The fourth-order valence-electron chi connectivity index (χ4n) is 1.63. The van der Waals surface area contributed by atoms with E-state index in [1.54, 1.807) is 18.2 Å². The maximum absolute atomic E-state index is 12.1. The summed E-state index contributed by atoms with van der Waals surface area (Å²) in [5.41, 5.74) is 5.38. The van der Waals surface area contributed by atoms with E-state index in [0.717, 1.165) is 25.7 Å². The fourth-order valence-corrected chi connectivity index (χ4v) is 1.63. The average Bonchev–Trinajstić information content (AvgIpc) is 2.40. The first-order valence-electron chi connectivity index (χ1n) is 6.64. The van der Waals surface area contributed by atoms with Crippen LogP contribution in [-0.2, 0) is 0 Å². The Balaban J connectivity index is 2.37. The maximum Gasteiger partial charge on any atom is 0.422 e. The molecule has 3 nitrogen and oxygen atoms in total. The first-order chi connectivity index (χ1) is 9.53. The molecule has 6 heteroatoms. The number of nitrogens with two attached hydrogens (primary N) is 1. The normalized spacial score (nSPS) is 11.4. The van der Waals surface area contributed by atoms with Crippen LogP contribution in [0, 0.1) is 0 Å². The topological polar surface area (TPSA) is 44.5 Å². The van der Waals surface area contributed by atoms with Crippen LogP contribution in [0.2, 0.25) is 0 Å². The molecular formula is C14H20F3NO2. The summed E-state index contributed by atoms with van der Waals surface area (Å²) >= 11 is 0. The number of ether oxygens (including phenoxy) is 2. The van der Waals surface area contributed by atoms with Gasteiger partial charge in [0.15, 0.2) is 18.1 Å². The molecule has 0 bridgehead atoms. The number of hydrogen-bond donors (Lipinski definition) is 1. The van der Waals surface area contributed by atoms with Crippen molar-refractivity contribution >= 4 is 0 Å². The number of hydrogen-bond acceptors (Lipinski definition) is 3. The second kappa shape index (κ2) is 8.68. The third-order valence-electron chi connectivity index (χ3n) is 2.60. The van der Waals surface area contributed by atoms with Crippen LogP contribution in [0.4, 0.5) is 13.2 Å². The van der Waals surface area contributed by atoms with Gasteiger partial charge in [0, 0.05) is 0 Å². The van der Waals surface area contributed by atoms with Gasteiger partial charge in [-0.25, -0.2) is 0 Å². The maximum atomic E-state index is 12.1. The molecule has 20 heavy (non-hydrogen) atoms. The molecule has 1 aromatic carbocycles. The summed E-state index contributed by atoms with van der Waals surface area (Å²) in [6.07, 6.45) is -0.511. The molecule has 2 N–H and O–H groups in total. The molecule has 1 rings (SSSR count). The molecule has 0 radical (unpaired) electrons. The summed E-state index contributed by atoms with van der Waals surface area (Å²) in [5.74, 6) is 0.461. The van der Waals surface area contributed by atoms with E-state index in [9.17, 15) is 13.2 Å². The summed E-state index contributed by atoms with van der Waals surface area (Å²) in [7, 11) is 0. The van der Waals surface area contributed by atoms with Gasteiger partial charge in [-0.2, -0.15) is 13.2 Å². The van der Waals surface area contributed by atoms with Gasteiger partial charge >= 0.3 is 6.18 Å². The van der Waals surface area contributed by atoms with Gasteiger partial charge in [0.2, 0.25) is 0 Å². The lowest BCUT2D eigenvalue weighted by Gasteiger charge is -2.13. The van der Waals surface area contributed by atoms with E-state index in [4.69, 9.17) is 15.2 Å². The summed E-state index contributed by atoms with van der Waals surface area (Å²) in [6, 6.07) is 6.38. The minimum Gasteiger partial charge on any atom is -0.490 e. The van der Waals surface area contributed by atoms with Crippen molar-refractivity contribution in [3.8, 4) is 11.5 Å². The molecule has 0 aliphatic heterocycles. The predicted octanol–water partition coefficient (Wildman–Crippen LogP) is 3.53. The Morgan fingerprint density at radius 2 is 1.50 bits per heavy atom. The number of halogens is 3. The van der Waals surface area contributed by atoms with Crippen LogP contribution in [0.1, 0.15) is 25.7 Å². The van der Waals surface area contributed by atoms with Crippen LogP contribution in [0.3, 0.4) is 0 Å². The molecule has 0 aliphatic rings. The minimum atomic E-state index is -4.35. The highest BCUT2D eigenvalue weighted by atomic mass is 19.4. The van der Waals surface area contributed by atoms with Gasteiger partial charge in [-0.1, -0.05) is 25.0 Å².